The maximum Gasteiger partial charge on any atom is 0.327 e. The molecule has 3 aromatic rings. The lowest BCUT2D eigenvalue weighted by Crippen LogP contribution is -2.21. The molecule has 0 saturated carbocycles. The molecule has 2 aromatic heterocycles. The van der Waals surface area contributed by atoms with Crippen molar-refractivity contribution in [1.29, 1.82) is 0 Å². The number of aromatic nitrogens is 3. The number of hydrogen-bond acceptors (Lipinski definition) is 2. The number of pyridine rings is 1. The summed E-state index contributed by atoms with van der Waals surface area (Å²) >= 11 is 12.6. The van der Waals surface area contributed by atoms with Crippen molar-refractivity contribution in [3.63, 3.8) is 0 Å². The summed E-state index contributed by atoms with van der Waals surface area (Å²) in [5, 5.41) is 1.12. The van der Waals surface area contributed by atoms with Crippen molar-refractivity contribution in [3.05, 3.63) is 51.0 Å². The van der Waals surface area contributed by atoms with E-state index in [4.69, 9.17) is 23.2 Å². The van der Waals surface area contributed by atoms with Crippen LogP contribution in [0.2, 0.25) is 10.0 Å². The minimum atomic E-state index is -0.160. The van der Waals surface area contributed by atoms with Gasteiger partial charge in [0.05, 0.1) is 10.5 Å². The van der Waals surface area contributed by atoms with E-state index in [1.54, 1.807) is 10.8 Å². The van der Waals surface area contributed by atoms with Crippen molar-refractivity contribution >= 4 is 34.4 Å². The number of aromatic amines is 1. The smallest absolute Gasteiger partial charge is 0.290 e. The molecule has 2 heterocycles. The summed E-state index contributed by atoms with van der Waals surface area (Å²) in [5.41, 5.74) is 2.77. The molecule has 0 aliphatic heterocycles. The van der Waals surface area contributed by atoms with Crippen molar-refractivity contribution in [1.82, 2.24) is 14.5 Å². The normalized spacial score (nSPS) is 11.5. The molecule has 0 saturated heterocycles. The molecule has 0 spiro atoms. The Kier molecular flexibility index (Phi) is 4.46. The molecule has 0 atom stereocenters. The summed E-state index contributed by atoms with van der Waals surface area (Å²) in [7, 11) is 0. The number of imidazole rings is 1. The maximum absolute atomic E-state index is 12.5. The predicted octanol–water partition coefficient (Wildman–Crippen LogP) is 5.06. The van der Waals surface area contributed by atoms with E-state index in [2.05, 4.69) is 23.8 Å². The quantitative estimate of drug-likeness (QED) is 0.715. The summed E-state index contributed by atoms with van der Waals surface area (Å²) in [6.07, 6.45) is 3.27. The van der Waals surface area contributed by atoms with Crippen LogP contribution in [0.4, 0.5) is 0 Å². The Morgan fingerprint density at radius 2 is 2.00 bits per heavy atom. The fourth-order valence-corrected chi connectivity index (χ4v) is 3.43. The van der Waals surface area contributed by atoms with Gasteiger partial charge in [-0.1, -0.05) is 49.2 Å². The van der Waals surface area contributed by atoms with Gasteiger partial charge in [0.2, 0.25) is 0 Å². The average molecular weight is 350 g/mol. The van der Waals surface area contributed by atoms with Crippen LogP contribution in [0, 0.1) is 0 Å². The van der Waals surface area contributed by atoms with Crippen LogP contribution in [0.5, 0.6) is 0 Å². The van der Waals surface area contributed by atoms with Crippen LogP contribution >= 0.6 is 23.2 Å². The molecule has 4 nitrogen and oxygen atoms in total. The van der Waals surface area contributed by atoms with Gasteiger partial charge in [-0.15, -0.1) is 0 Å². The van der Waals surface area contributed by atoms with Gasteiger partial charge in [-0.25, -0.2) is 9.78 Å². The Balaban J connectivity index is 2.41. The van der Waals surface area contributed by atoms with Crippen LogP contribution in [0.3, 0.4) is 0 Å². The van der Waals surface area contributed by atoms with Gasteiger partial charge < -0.3 is 0 Å². The first-order valence-corrected chi connectivity index (χ1v) is 8.37. The van der Waals surface area contributed by atoms with Gasteiger partial charge in [0.1, 0.15) is 0 Å². The molecule has 0 unspecified atom stereocenters. The molecule has 0 bridgehead atoms. The Morgan fingerprint density at radius 3 is 2.65 bits per heavy atom. The first kappa shape index (κ1) is 16.1. The van der Waals surface area contributed by atoms with Crippen LogP contribution in [-0.4, -0.2) is 14.5 Å². The molecule has 3 rings (SSSR count). The van der Waals surface area contributed by atoms with Crippen LogP contribution in [0.1, 0.15) is 32.7 Å². The van der Waals surface area contributed by atoms with Crippen molar-refractivity contribution < 1.29 is 0 Å². The van der Waals surface area contributed by atoms with E-state index in [9.17, 15) is 4.79 Å². The van der Waals surface area contributed by atoms with Crippen LogP contribution < -0.4 is 5.69 Å². The van der Waals surface area contributed by atoms with Gasteiger partial charge in [0, 0.05) is 22.8 Å². The fraction of sp³-hybridized carbons (Fsp3) is 0.294. The Hall–Kier alpha value is -1.78. The van der Waals surface area contributed by atoms with E-state index in [0.717, 1.165) is 29.5 Å². The number of rotatable bonds is 4. The van der Waals surface area contributed by atoms with E-state index in [1.165, 1.54) is 0 Å². The third-order valence-electron chi connectivity index (χ3n) is 4.11. The number of nitrogens with one attached hydrogen (secondary N) is 1. The van der Waals surface area contributed by atoms with Crippen LogP contribution in [-0.2, 0) is 0 Å². The largest absolute Gasteiger partial charge is 0.327 e. The van der Waals surface area contributed by atoms with Crippen molar-refractivity contribution in [2.45, 2.75) is 32.7 Å². The molecular weight excluding hydrogens is 333 g/mol. The highest BCUT2D eigenvalue weighted by atomic mass is 35.5. The van der Waals surface area contributed by atoms with Gasteiger partial charge in [-0.3, -0.25) is 9.55 Å². The van der Waals surface area contributed by atoms with Gasteiger partial charge in [-0.2, -0.15) is 0 Å². The summed E-state index contributed by atoms with van der Waals surface area (Å²) in [6.45, 7) is 4.13. The molecule has 120 valence electrons. The van der Waals surface area contributed by atoms with Crippen molar-refractivity contribution in [2.75, 3.05) is 0 Å². The second kappa shape index (κ2) is 6.38. The number of halogens is 2. The Labute approximate surface area is 144 Å². The molecule has 6 heteroatoms. The van der Waals surface area contributed by atoms with Crippen molar-refractivity contribution in [3.8, 4) is 11.1 Å². The Morgan fingerprint density at radius 1 is 1.26 bits per heavy atom. The lowest BCUT2D eigenvalue weighted by molar-refractivity contribution is 0.472. The number of H-pyrrole nitrogens is 1. The first-order chi connectivity index (χ1) is 11.1. The zero-order valence-electron chi connectivity index (χ0n) is 12.9. The SMILES string of the molecule is CCC(CC)n1c(=O)[nH]c2ncc(Cl)c(-c3cccc(Cl)c3)c21. The second-order valence-electron chi connectivity index (χ2n) is 5.46. The minimum absolute atomic E-state index is 0.0921. The predicted molar refractivity (Wildman–Crippen MR) is 95.4 cm³/mol. The van der Waals surface area contributed by atoms with E-state index in [0.29, 0.717) is 15.7 Å². The lowest BCUT2D eigenvalue weighted by Gasteiger charge is -2.17. The third kappa shape index (κ3) is 2.77. The number of fused-ring (bicyclic) bond motifs is 1. The third-order valence-corrected chi connectivity index (χ3v) is 4.63. The number of benzene rings is 1. The zero-order chi connectivity index (χ0) is 16.6. The Bertz CT molecular complexity index is 910. The highest BCUT2D eigenvalue weighted by molar-refractivity contribution is 6.35. The van der Waals surface area contributed by atoms with Crippen molar-refractivity contribution in [2.24, 2.45) is 0 Å². The minimum Gasteiger partial charge on any atom is -0.290 e. The average Bonchev–Trinajstić information content (AvgIpc) is 2.85. The number of nitrogens with zero attached hydrogens (tertiary/aromatic N) is 2. The highest BCUT2D eigenvalue weighted by Gasteiger charge is 2.20. The molecule has 1 aromatic carbocycles. The topological polar surface area (TPSA) is 50.7 Å². The molecule has 0 aliphatic rings. The molecular formula is C17H17Cl2N3O. The number of hydrogen-bond donors (Lipinski definition) is 1. The second-order valence-corrected chi connectivity index (χ2v) is 6.30. The molecule has 0 fully saturated rings. The van der Waals surface area contributed by atoms with Gasteiger partial charge in [0.25, 0.3) is 0 Å². The highest BCUT2D eigenvalue weighted by Crippen LogP contribution is 2.35. The van der Waals surface area contributed by atoms with Crippen LogP contribution in [0.25, 0.3) is 22.3 Å². The fourth-order valence-electron chi connectivity index (χ4n) is 2.99. The summed E-state index contributed by atoms with van der Waals surface area (Å²) in [6, 6.07) is 7.54. The summed E-state index contributed by atoms with van der Waals surface area (Å²) in [5.74, 6) is 0. The standard InChI is InChI=1S/C17H17Cl2N3O/c1-3-12(4-2)22-15-14(10-6-5-7-11(18)8-10)13(19)9-20-16(15)21-17(22)23/h5-9,12H,3-4H2,1-2H3,(H,20,21,23). The van der Waals surface area contributed by atoms with E-state index >= 15 is 0 Å². The first-order valence-electron chi connectivity index (χ1n) is 7.61. The van der Waals surface area contributed by atoms with E-state index < -0.39 is 0 Å². The molecule has 0 aliphatic carbocycles. The monoisotopic (exact) mass is 349 g/mol. The van der Waals surface area contributed by atoms with Gasteiger partial charge in [0.15, 0.2) is 5.65 Å². The van der Waals surface area contributed by atoms with Gasteiger partial charge in [-0.05, 0) is 30.5 Å². The molecule has 23 heavy (non-hydrogen) atoms. The van der Waals surface area contributed by atoms with E-state index in [1.807, 2.05) is 24.3 Å². The summed E-state index contributed by atoms with van der Waals surface area (Å²) < 4.78 is 1.77. The molecule has 1 N–H and O–H groups in total. The molecule has 0 amide bonds. The van der Waals surface area contributed by atoms with E-state index in [-0.39, 0.29) is 11.7 Å². The summed E-state index contributed by atoms with van der Waals surface area (Å²) in [4.78, 5) is 19.6. The van der Waals surface area contributed by atoms with Crippen LogP contribution in [0.15, 0.2) is 35.3 Å². The zero-order valence-corrected chi connectivity index (χ0v) is 14.4. The molecule has 0 radical (unpaired) electrons. The lowest BCUT2D eigenvalue weighted by atomic mass is 10.0. The maximum atomic E-state index is 12.5. The van der Waals surface area contributed by atoms with Gasteiger partial charge >= 0.3 is 5.69 Å².